The number of hydrogen-bond donors (Lipinski definition) is 2. The molecule has 0 unspecified atom stereocenters. The van der Waals surface area contributed by atoms with E-state index in [-0.39, 0.29) is 4.90 Å². The van der Waals surface area contributed by atoms with Gasteiger partial charge in [0.15, 0.2) is 5.49 Å². The highest BCUT2D eigenvalue weighted by atomic mass is 32.2. The van der Waals surface area contributed by atoms with E-state index in [1.807, 2.05) is 42.9 Å². The van der Waals surface area contributed by atoms with E-state index in [1.54, 1.807) is 12.1 Å². The first-order valence-electron chi connectivity index (χ1n) is 5.74. The fourth-order valence-electron chi connectivity index (χ4n) is 1.36. The monoisotopic (exact) mass is 295 g/mol. The topological polar surface area (TPSA) is 97.7 Å². The summed E-state index contributed by atoms with van der Waals surface area (Å²) in [5.41, 5.74) is 1.73. The van der Waals surface area contributed by atoms with E-state index in [1.165, 1.54) is 12.1 Å². The highest BCUT2D eigenvalue weighted by molar-refractivity contribution is 7.85. The molecular formula is C13H17N3O3S. The van der Waals surface area contributed by atoms with Crippen LogP contribution in [0.2, 0.25) is 0 Å². The molecule has 1 aromatic heterocycles. The molecule has 2 rings (SSSR count). The second-order valence-electron chi connectivity index (χ2n) is 4.09. The van der Waals surface area contributed by atoms with E-state index in [0.29, 0.717) is 0 Å². The van der Waals surface area contributed by atoms with Gasteiger partial charge in [-0.2, -0.15) is 13.5 Å². The predicted octanol–water partition coefficient (Wildman–Crippen LogP) is 1.04. The zero-order valence-corrected chi connectivity index (χ0v) is 12.1. The van der Waals surface area contributed by atoms with Crippen LogP contribution in [0.25, 0.3) is 0 Å². The maximum atomic E-state index is 10.5. The van der Waals surface area contributed by atoms with Crippen molar-refractivity contribution in [3.8, 4) is 0 Å². The van der Waals surface area contributed by atoms with Crippen LogP contribution in [0.15, 0.2) is 58.7 Å². The molecule has 108 valence electrons. The van der Waals surface area contributed by atoms with Crippen LogP contribution in [-0.4, -0.2) is 17.5 Å². The third-order valence-corrected chi connectivity index (χ3v) is 3.35. The van der Waals surface area contributed by atoms with Crippen molar-refractivity contribution in [1.82, 2.24) is 4.57 Å². The van der Waals surface area contributed by atoms with Gasteiger partial charge in [-0.25, -0.2) is 0 Å². The van der Waals surface area contributed by atoms with Crippen LogP contribution in [0.4, 0.5) is 0 Å². The molecule has 0 amide bonds. The lowest BCUT2D eigenvalue weighted by Gasteiger charge is -1.95. The molecule has 0 spiro atoms. The summed E-state index contributed by atoms with van der Waals surface area (Å²) in [6.07, 6.45) is 1.89. The summed E-state index contributed by atoms with van der Waals surface area (Å²) in [6.45, 7) is 1.84. The Morgan fingerprint density at radius 3 is 2.15 bits per heavy atom. The van der Waals surface area contributed by atoms with Gasteiger partial charge in [-0.1, -0.05) is 23.8 Å². The molecule has 0 aliphatic heterocycles. The van der Waals surface area contributed by atoms with Crippen LogP contribution in [0.1, 0.15) is 5.56 Å². The largest absolute Gasteiger partial charge is 0.335 e. The Bertz CT molecular complexity index is 719. The van der Waals surface area contributed by atoms with Crippen molar-refractivity contribution in [2.24, 2.45) is 18.0 Å². The van der Waals surface area contributed by atoms with E-state index >= 15 is 0 Å². The Labute approximate surface area is 117 Å². The molecule has 1 heterocycles. The van der Waals surface area contributed by atoms with E-state index in [2.05, 4.69) is 5.10 Å². The number of nitrogens with zero attached hydrogens (tertiary/aromatic N) is 2. The minimum absolute atomic E-state index is 0.0666. The van der Waals surface area contributed by atoms with Gasteiger partial charge in [0.05, 0.1) is 4.90 Å². The molecule has 0 bridgehead atoms. The summed E-state index contributed by atoms with van der Waals surface area (Å²) in [5, 5.41) is 3.53. The van der Waals surface area contributed by atoms with Crippen LogP contribution in [0.3, 0.4) is 0 Å². The van der Waals surface area contributed by atoms with Crippen LogP contribution in [-0.2, 0) is 17.2 Å². The van der Waals surface area contributed by atoms with Gasteiger partial charge in [0.25, 0.3) is 10.1 Å². The number of rotatable bonds is 1. The summed E-state index contributed by atoms with van der Waals surface area (Å²) in [7, 11) is -2.13. The third kappa shape index (κ3) is 4.87. The minimum Gasteiger partial charge on any atom is -0.335 e. The number of aryl methyl sites for hydroxylation is 2. The van der Waals surface area contributed by atoms with Crippen LogP contribution >= 0.6 is 0 Å². The molecule has 20 heavy (non-hydrogen) atoms. The Morgan fingerprint density at radius 2 is 1.75 bits per heavy atom. The number of hydrogen-bond acceptors (Lipinski definition) is 4. The summed E-state index contributed by atoms with van der Waals surface area (Å²) < 4.78 is 31.4. The van der Waals surface area contributed by atoms with Gasteiger partial charge < -0.3 is 10.4 Å². The smallest absolute Gasteiger partial charge is 0.294 e. The number of aromatic nitrogens is 1. The summed E-state index contributed by atoms with van der Waals surface area (Å²) >= 11 is 0. The van der Waals surface area contributed by atoms with E-state index in [0.717, 1.165) is 11.1 Å². The van der Waals surface area contributed by atoms with Gasteiger partial charge in [0.1, 0.15) is 0 Å². The first-order valence-corrected chi connectivity index (χ1v) is 7.18. The second-order valence-corrected chi connectivity index (χ2v) is 5.51. The van der Waals surface area contributed by atoms with Crippen LogP contribution in [0, 0.1) is 6.92 Å². The standard InChI is InChI=1S/C7H8O3S.C6H9N3/c1-6-2-4-7(5-3-6)11(8,9)10;1-9-5-3-2-4-6(9)8-7/h2-5H,1H3,(H,8,9,10);2-5H,7H2,1H3. The lowest BCUT2D eigenvalue weighted by Crippen LogP contribution is -2.17. The normalized spacial score (nSPS) is 11.7. The zero-order chi connectivity index (χ0) is 15.2. The maximum Gasteiger partial charge on any atom is 0.294 e. The van der Waals surface area contributed by atoms with Gasteiger partial charge in [0, 0.05) is 13.2 Å². The van der Waals surface area contributed by atoms with Crippen molar-refractivity contribution < 1.29 is 13.0 Å². The second kappa shape index (κ2) is 6.88. The summed E-state index contributed by atoms with van der Waals surface area (Å²) in [6, 6.07) is 11.7. The molecule has 6 nitrogen and oxygen atoms in total. The Balaban J connectivity index is 0.000000204. The van der Waals surface area contributed by atoms with E-state index < -0.39 is 10.1 Å². The van der Waals surface area contributed by atoms with Crippen molar-refractivity contribution in [3.63, 3.8) is 0 Å². The van der Waals surface area contributed by atoms with E-state index in [9.17, 15) is 8.42 Å². The van der Waals surface area contributed by atoms with Crippen molar-refractivity contribution >= 4 is 10.1 Å². The van der Waals surface area contributed by atoms with E-state index in [4.69, 9.17) is 10.4 Å². The van der Waals surface area contributed by atoms with Gasteiger partial charge in [-0.15, -0.1) is 0 Å². The maximum absolute atomic E-state index is 10.5. The highest BCUT2D eigenvalue weighted by Crippen LogP contribution is 2.08. The molecule has 3 N–H and O–H groups in total. The molecule has 0 atom stereocenters. The number of benzene rings is 1. The minimum atomic E-state index is -4.02. The first kappa shape index (κ1) is 15.9. The predicted molar refractivity (Wildman–Crippen MR) is 76.2 cm³/mol. The number of nitrogens with two attached hydrogens (primary N) is 1. The number of pyridine rings is 1. The SMILES string of the molecule is Cc1ccc(S(=O)(=O)O)cc1.Cn1ccccc1=NN. The molecule has 0 saturated carbocycles. The molecule has 0 aliphatic rings. The third-order valence-electron chi connectivity index (χ3n) is 2.48. The van der Waals surface area contributed by atoms with Crippen molar-refractivity contribution in [2.45, 2.75) is 11.8 Å². The van der Waals surface area contributed by atoms with Gasteiger partial charge in [0.2, 0.25) is 0 Å². The Kier molecular flexibility index (Phi) is 5.48. The van der Waals surface area contributed by atoms with Crippen LogP contribution in [0.5, 0.6) is 0 Å². The van der Waals surface area contributed by atoms with Gasteiger partial charge in [-0.3, -0.25) is 4.55 Å². The molecule has 0 radical (unpaired) electrons. The molecule has 0 saturated heterocycles. The summed E-state index contributed by atoms with van der Waals surface area (Å²) in [5.74, 6) is 5.05. The first-order chi connectivity index (χ1) is 9.34. The Hall–Kier alpha value is -2.12. The van der Waals surface area contributed by atoms with Crippen molar-refractivity contribution in [2.75, 3.05) is 0 Å². The Morgan fingerprint density at radius 1 is 1.15 bits per heavy atom. The zero-order valence-electron chi connectivity index (χ0n) is 11.3. The van der Waals surface area contributed by atoms with Crippen molar-refractivity contribution in [1.29, 1.82) is 0 Å². The average Bonchev–Trinajstić information content (AvgIpc) is 2.39. The lowest BCUT2D eigenvalue weighted by molar-refractivity contribution is 0.483. The quantitative estimate of drug-likeness (QED) is 0.466. The molecular weight excluding hydrogens is 278 g/mol. The van der Waals surface area contributed by atoms with Crippen molar-refractivity contribution in [3.05, 3.63) is 59.7 Å². The average molecular weight is 295 g/mol. The lowest BCUT2D eigenvalue weighted by atomic mass is 10.2. The van der Waals surface area contributed by atoms with Gasteiger partial charge in [-0.05, 0) is 31.2 Å². The summed E-state index contributed by atoms with van der Waals surface area (Å²) in [4.78, 5) is -0.0666. The molecule has 2 aromatic rings. The molecule has 1 aromatic carbocycles. The van der Waals surface area contributed by atoms with Crippen LogP contribution < -0.4 is 11.3 Å². The fourth-order valence-corrected chi connectivity index (χ4v) is 1.84. The van der Waals surface area contributed by atoms with Gasteiger partial charge >= 0.3 is 0 Å². The molecule has 7 heteroatoms. The molecule has 0 fully saturated rings. The highest BCUT2D eigenvalue weighted by Gasteiger charge is 2.06. The molecule has 0 aliphatic carbocycles. The fraction of sp³-hybridized carbons (Fsp3) is 0.154.